The van der Waals surface area contributed by atoms with Crippen molar-refractivity contribution in [3.05, 3.63) is 42.5 Å². The van der Waals surface area contributed by atoms with Gasteiger partial charge in [-0.15, -0.1) is 0 Å². The number of esters is 1. The van der Waals surface area contributed by atoms with Gasteiger partial charge in [0.15, 0.2) is 23.2 Å². The number of fused-ring (bicyclic) bond motifs is 1. The maximum atomic E-state index is 13.8. The van der Waals surface area contributed by atoms with Crippen LogP contribution in [0.4, 0.5) is 5.82 Å². The molecule has 6 atom stereocenters. The standard InChI is InChI=1S/C25H35N6O8P/c1-14(2)37-23(33)15(3)30-40(35,39-17-10-8-7-9-11-17)36-12-18-20(32)25(5,34)24(38-18)31-13-27-19-21(26-6)28-16(4)29-22(19)31/h7-11,13-15,18,20,24,32,34H,12H2,1-6H3,(H,30,35)(H,26,28,29)/t15-,18+,20+,24+,25+,40+/m0/s1. The Hall–Kier alpha value is -3.13. The van der Waals surface area contributed by atoms with Gasteiger partial charge in [-0.25, -0.2) is 19.5 Å². The molecule has 1 aliphatic heterocycles. The lowest BCUT2D eigenvalue weighted by Crippen LogP contribution is -2.44. The molecule has 0 bridgehead atoms. The molecule has 1 aromatic carbocycles. The molecule has 3 heterocycles. The van der Waals surface area contributed by atoms with Crippen molar-refractivity contribution in [3.63, 3.8) is 0 Å². The van der Waals surface area contributed by atoms with Crippen molar-refractivity contribution in [3.8, 4) is 5.75 Å². The Balaban J connectivity index is 1.56. The Morgan fingerprint density at radius 2 is 1.95 bits per heavy atom. The van der Waals surface area contributed by atoms with E-state index in [2.05, 4.69) is 25.4 Å². The van der Waals surface area contributed by atoms with Crippen LogP contribution in [0.2, 0.25) is 0 Å². The van der Waals surface area contributed by atoms with Gasteiger partial charge in [0.1, 0.15) is 35.4 Å². The maximum absolute atomic E-state index is 13.8. The molecule has 0 aliphatic carbocycles. The average molecular weight is 579 g/mol. The van der Waals surface area contributed by atoms with Gasteiger partial charge in [0, 0.05) is 7.05 Å². The monoisotopic (exact) mass is 578 g/mol. The number of hydrogen-bond donors (Lipinski definition) is 4. The lowest BCUT2D eigenvalue weighted by molar-refractivity contribution is -0.149. The first-order valence-electron chi connectivity index (χ1n) is 12.8. The number of nitrogens with one attached hydrogen (secondary N) is 2. The second-order valence-electron chi connectivity index (χ2n) is 9.93. The third-order valence-corrected chi connectivity index (χ3v) is 7.86. The van der Waals surface area contributed by atoms with Crippen LogP contribution in [0.1, 0.15) is 39.7 Å². The van der Waals surface area contributed by atoms with E-state index in [1.807, 2.05) is 0 Å². The number of carbonyl (C=O) groups is 1. The number of aromatic nitrogens is 4. The highest BCUT2D eigenvalue weighted by Crippen LogP contribution is 2.47. The summed E-state index contributed by atoms with van der Waals surface area (Å²) in [6.07, 6.45) is -2.68. The van der Waals surface area contributed by atoms with E-state index in [1.165, 1.54) is 24.7 Å². The molecule has 1 saturated heterocycles. The lowest BCUT2D eigenvalue weighted by Gasteiger charge is -2.27. The topological polar surface area (TPSA) is 179 Å². The molecule has 1 fully saturated rings. The molecule has 40 heavy (non-hydrogen) atoms. The van der Waals surface area contributed by atoms with E-state index in [0.29, 0.717) is 22.8 Å². The van der Waals surface area contributed by atoms with Crippen LogP contribution in [0.15, 0.2) is 36.7 Å². The van der Waals surface area contributed by atoms with Gasteiger partial charge < -0.3 is 29.5 Å². The van der Waals surface area contributed by atoms with Crippen LogP contribution >= 0.6 is 7.75 Å². The Labute approximate surface area is 231 Å². The lowest BCUT2D eigenvalue weighted by atomic mass is 9.96. The zero-order valence-corrected chi connectivity index (χ0v) is 24.0. The van der Waals surface area contributed by atoms with Crippen LogP contribution in [0.25, 0.3) is 11.2 Å². The quantitative estimate of drug-likeness (QED) is 0.193. The summed E-state index contributed by atoms with van der Waals surface area (Å²) in [6.45, 7) is 7.51. The number of aliphatic hydroxyl groups is 2. The zero-order valence-electron chi connectivity index (χ0n) is 23.1. The fourth-order valence-electron chi connectivity index (χ4n) is 4.25. The van der Waals surface area contributed by atoms with Crippen LogP contribution in [0, 0.1) is 6.92 Å². The van der Waals surface area contributed by atoms with Gasteiger partial charge in [-0.1, -0.05) is 18.2 Å². The second-order valence-corrected chi connectivity index (χ2v) is 11.6. The van der Waals surface area contributed by atoms with Gasteiger partial charge in [0.25, 0.3) is 0 Å². The number of carbonyl (C=O) groups excluding carboxylic acids is 1. The van der Waals surface area contributed by atoms with Gasteiger partial charge >= 0.3 is 13.7 Å². The number of nitrogens with zero attached hydrogens (tertiary/aromatic N) is 4. The van der Waals surface area contributed by atoms with Gasteiger partial charge in [-0.3, -0.25) is 13.9 Å². The van der Waals surface area contributed by atoms with Crippen LogP contribution in [0.5, 0.6) is 5.75 Å². The third kappa shape index (κ3) is 6.27. The molecule has 1 aliphatic rings. The zero-order chi connectivity index (χ0) is 29.2. The number of ether oxygens (including phenoxy) is 2. The highest BCUT2D eigenvalue weighted by atomic mass is 31.2. The number of aliphatic hydroxyl groups excluding tert-OH is 1. The molecule has 0 unspecified atom stereocenters. The molecule has 0 radical (unpaired) electrons. The minimum atomic E-state index is -4.22. The van der Waals surface area contributed by atoms with Gasteiger partial charge in [-0.2, -0.15) is 5.09 Å². The van der Waals surface area contributed by atoms with E-state index in [9.17, 15) is 19.6 Å². The van der Waals surface area contributed by atoms with E-state index in [1.54, 1.807) is 58.2 Å². The Kier molecular flexibility index (Phi) is 8.78. The first-order valence-corrected chi connectivity index (χ1v) is 14.3. The van der Waals surface area contributed by atoms with E-state index < -0.39 is 50.4 Å². The maximum Gasteiger partial charge on any atom is 0.459 e. The predicted molar refractivity (Wildman–Crippen MR) is 145 cm³/mol. The number of anilines is 1. The number of rotatable bonds is 11. The largest absolute Gasteiger partial charge is 0.462 e. The highest BCUT2D eigenvalue weighted by Gasteiger charge is 2.54. The SMILES string of the molecule is CNc1nc(C)nc2c1ncn2[C@@H]1O[C@H](CO[P@](=O)(N[C@@H](C)C(=O)OC(C)C)Oc2ccccc2)[C@@H](O)[C@@]1(C)O. The van der Waals surface area contributed by atoms with Crippen LogP contribution in [-0.2, 0) is 23.4 Å². The molecule has 15 heteroatoms. The van der Waals surface area contributed by atoms with Crippen molar-refractivity contribution >= 4 is 30.7 Å². The van der Waals surface area contributed by atoms with Crippen molar-refractivity contribution in [2.24, 2.45) is 0 Å². The summed E-state index contributed by atoms with van der Waals surface area (Å²) in [5.74, 6) is 0.531. The number of aryl methyl sites for hydroxylation is 1. The van der Waals surface area contributed by atoms with E-state index >= 15 is 0 Å². The third-order valence-electron chi connectivity index (χ3n) is 6.21. The predicted octanol–water partition coefficient (Wildman–Crippen LogP) is 2.32. The van der Waals surface area contributed by atoms with E-state index in [0.717, 1.165) is 0 Å². The summed E-state index contributed by atoms with van der Waals surface area (Å²) in [6, 6.07) is 7.22. The number of hydrogen-bond acceptors (Lipinski definition) is 12. The Morgan fingerprint density at radius 3 is 2.60 bits per heavy atom. The number of imidazole rings is 1. The van der Waals surface area contributed by atoms with Crippen LogP contribution in [-0.4, -0.2) is 79.3 Å². The molecule has 0 amide bonds. The molecule has 4 N–H and O–H groups in total. The molecular formula is C25H35N6O8P. The molecule has 0 spiro atoms. The molecule has 2 aromatic heterocycles. The summed E-state index contributed by atoms with van der Waals surface area (Å²) in [4.78, 5) is 25.5. The fraction of sp³-hybridized carbons (Fsp3) is 0.520. The van der Waals surface area contributed by atoms with Gasteiger partial charge in [0.2, 0.25) is 0 Å². The van der Waals surface area contributed by atoms with Crippen molar-refractivity contribution in [2.45, 2.75) is 70.8 Å². The van der Waals surface area contributed by atoms with E-state index in [4.69, 9.17) is 18.5 Å². The van der Waals surface area contributed by atoms with Crippen molar-refractivity contribution in [2.75, 3.05) is 19.0 Å². The van der Waals surface area contributed by atoms with E-state index in [-0.39, 0.29) is 11.9 Å². The van der Waals surface area contributed by atoms with Crippen LogP contribution < -0.4 is 14.9 Å². The minimum absolute atomic E-state index is 0.223. The Morgan fingerprint density at radius 1 is 1.25 bits per heavy atom. The van der Waals surface area contributed by atoms with Crippen molar-refractivity contribution < 1.29 is 38.1 Å². The molecule has 14 nitrogen and oxygen atoms in total. The summed E-state index contributed by atoms with van der Waals surface area (Å²) in [5.41, 5.74) is -0.978. The highest BCUT2D eigenvalue weighted by molar-refractivity contribution is 7.52. The molecule has 4 rings (SSSR count). The van der Waals surface area contributed by atoms with Crippen molar-refractivity contribution in [1.82, 2.24) is 24.6 Å². The first kappa shape index (κ1) is 29.8. The van der Waals surface area contributed by atoms with Gasteiger partial charge in [-0.05, 0) is 46.8 Å². The Bertz CT molecular complexity index is 1380. The average Bonchev–Trinajstić information content (AvgIpc) is 3.40. The van der Waals surface area contributed by atoms with Crippen molar-refractivity contribution in [1.29, 1.82) is 0 Å². The summed E-state index contributed by atoms with van der Waals surface area (Å²) < 4.78 is 37.8. The van der Waals surface area contributed by atoms with Crippen LogP contribution in [0.3, 0.4) is 0 Å². The fourth-order valence-corrected chi connectivity index (χ4v) is 5.76. The molecular weight excluding hydrogens is 543 g/mol. The number of benzene rings is 1. The summed E-state index contributed by atoms with van der Waals surface area (Å²) >= 11 is 0. The smallest absolute Gasteiger partial charge is 0.459 e. The molecule has 218 valence electrons. The molecule has 3 aromatic rings. The second kappa shape index (κ2) is 11.8. The minimum Gasteiger partial charge on any atom is -0.462 e. The summed E-state index contributed by atoms with van der Waals surface area (Å²) in [7, 11) is -2.52. The van der Waals surface area contributed by atoms with Gasteiger partial charge in [0.05, 0.1) is 19.0 Å². The normalized spacial score (nSPS) is 25.1. The molecule has 0 saturated carbocycles. The first-order chi connectivity index (χ1) is 18.8. The summed E-state index contributed by atoms with van der Waals surface area (Å²) in [5, 5.41) is 27.8. The number of para-hydroxylation sites is 1.